The van der Waals surface area contributed by atoms with Crippen LogP contribution in [0.2, 0.25) is 0 Å². The van der Waals surface area contributed by atoms with Gasteiger partial charge >= 0.3 is 5.97 Å². The lowest BCUT2D eigenvalue weighted by Gasteiger charge is -2.23. The van der Waals surface area contributed by atoms with E-state index in [1.807, 2.05) is 39.0 Å². The molecule has 1 aromatic heterocycles. The molecule has 0 amide bonds. The van der Waals surface area contributed by atoms with E-state index in [9.17, 15) is 9.00 Å². The molecule has 0 unspecified atom stereocenters. The molecule has 0 saturated heterocycles. The van der Waals surface area contributed by atoms with Crippen molar-refractivity contribution >= 4 is 43.8 Å². The monoisotopic (exact) mass is 400 g/mol. The molecule has 1 heterocycles. The highest BCUT2D eigenvalue weighted by Crippen LogP contribution is 2.29. The van der Waals surface area contributed by atoms with Gasteiger partial charge in [0.25, 0.3) is 0 Å². The van der Waals surface area contributed by atoms with Crippen molar-refractivity contribution in [1.82, 2.24) is 9.71 Å². The number of ether oxygens (including phenoxy) is 1. The topological polar surface area (TPSA) is 71.2 Å². The number of esters is 1. The normalized spacial score (nSPS) is 14.7. The van der Waals surface area contributed by atoms with Crippen molar-refractivity contribution in [2.75, 3.05) is 6.61 Å². The van der Waals surface area contributed by atoms with E-state index >= 15 is 0 Å². The van der Waals surface area contributed by atoms with E-state index in [1.54, 1.807) is 13.1 Å². The number of carbonyl (C=O) groups is 1. The fraction of sp³-hybridized carbons (Fsp3) is 0.438. The average Bonchev–Trinajstić information content (AvgIpc) is 2.86. The van der Waals surface area contributed by atoms with Crippen LogP contribution in [0.1, 0.15) is 39.3 Å². The second-order valence-electron chi connectivity index (χ2n) is 6.12. The maximum atomic E-state index is 12.5. The van der Waals surface area contributed by atoms with Gasteiger partial charge in [-0.25, -0.2) is 13.7 Å². The van der Waals surface area contributed by atoms with Crippen molar-refractivity contribution in [2.45, 2.75) is 38.5 Å². The van der Waals surface area contributed by atoms with E-state index in [4.69, 9.17) is 4.74 Å². The van der Waals surface area contributed by atoms with Crippen molar-refractivity contribution in [3.63, 3.8) is 0 Å². The van der Waals surface area contributed by atoms with Crippen LogP contribution in [0.15, 0.2) is 28.9 Å². The molecule has 0 aliphatic rings. The zero-order valence-corrected chi connectivity index (χ0v) is 16.0. The van der Waals surface area contributed by atoms with Crippen LogP contribution in [-0.4, -0.2) is 26.5 Å². The number of hydrogen-bond acceptors (Lipinski definition) is 3. The second-order valence-corrected chi connectivity index (χ2v) is 9.03. The highest BCUT2D eigenvalue weighted by atomic mass is 79.9. The molecule has 0 aliphatic heterocycles. The molecule has 2 aromatic rings. The number of benzene rings is 1. The highest BCUT2D eigenvalue weighted by Gasteiger charge is 2.30. The molecule has 0 radical (unpaired) electrons. The molecule has 2 atom stereocenters. The minimum Gasteiger partial charge on any atom is -0.465 e. The summed E-state index contributed by atoms with van der Waals surface area (Å²) in [7, 11) is -1.40. The number of hydrogen-bond donors (Lipinski definition) is 2. The van der Waals surface area contributed by atoms with Gasteiger partial charge in [0.1, 0.15) is 6.04 Å². The summed E-state index contributed by atoms with van der Waals surface area (Å²) in [5, 5.41) is 0.885. The molecule has 0 spiro atoms. The fourth-order valence-corrected chi connectivity index (χ4v) is 3.25. The fourth-order valence-electron chi connectivity index (χ4n) is 2.10. The third kappa shape index (κ3) is 4.22. The van der Waals surface area contributed by atoms with Crippen LogP contribution in [0.3, 0.4) is 0 Å². The van der Waals surface area contributed by atoms with Crippen molar-refractivity contribution in [3.8, 4) is 0 Å². The molecule has 2 rings (SSSR count). The first-order valence-electron chi connectivity index (χ1n) is 7.35. The SMILES string of the molecule is CCOC(=O)[C@@H](N[S@@](=O)C(C)(C)C)c1c[nH]c2ccc(Br)cc12. The standard InChI is InChI=1S/C16H21BrN2O3S/c1-5-22-15(20)14(19-23(21)16(2,3)4)12-9-18-13-7-6-10(17)8-11(12)13/h6-9,14,18-19H,5H2,1-4H3/t14-,23-/m0/s1. The van der Waals surface area contributed by atoms with Gasteiger partial charge in [-0.3, -0.25) is 0 Å². The molecular weight excluding hydrogens is 380 g/mol. The summed E-state index contributed by atoms with van der Waals surface area (Å²) >= 11 is 3.44. The Balaban J connectivity index is 2.45. The van der Waals surface area contributed by atoms with Gasteiger partial charge in [0.05, 0.1) is 22.3 Å². The highest BCUT2D eigenvalue weighted by molar-refractivity contribution is 9.10. The number of H-pyrrole nitrogens is 1. The second kappa shape index (κ2) is 7.15. The Morgan fingerprint density at radius 2 is 2.13 bits per heavy atom. The molecule has 0 fully saturated rings. The molecule has 126 valence electrons. The van der Waals surface area contributed by atoms with Gasteiger partial charge in [-0.2, -0.15) is 0 Å². The Labute approximate surface area is 146 Å². The molecule has 0 aliphatic carbocycles. The van der Waals surface area contributed by atoms with Crippen molar-refractivity contribution in [3.05, 3.63) is 34.4 Å². The minimum atomic E-state index is -1.40. The first-order chi connectivity index (χ1) is 10.7. The molecule has 5 nitrogen and oxygen atoms in total. The number of carbonyl (C=O) groups excluding carboxylic acids is 1. The number of fused-ring (bicyclic) bond motifs is 1. The third-order valence-corrected chi connectivity index (χ3v) is 5.35. The lowest BCUT2D eigenvalue weighted by atomic mass is 10.1. The predicted octanol–water partition coefficient (Wildman–Crippen LogP) is 3.59. The number of aromatic nitrogens is 1. The largest absolute Gasteiger partial charge is 0.465 e. The lowest BCUT2D eigenvalue weighted by Crippen LogP contribution is -2.39. The molecule has 7 heteroatoms. The maximum Gasteiger partial charge on any atom is 0.328 e. The van der Waals surface area contributed by atoms with Crippen LogP contribution >= 0.6 is 15.9 Å². The Kier molecular flexibility index (Phi) is 5.65. The Morgan fingerprint density at radius 1 is 1.43 bits per heavy atom. The Morgan fingerprint density at radius 3 is 2.74 bits per heavy atom. The Hall–Kier alpha value is -1.18. The van der Waals surface area contributed by atoms with Gasteiger partial charge in [0, 0.05) is 27.1 Å². The Bertz CT molecular complexity index is 736. The quantitative estimate of drug-likeness (QED) is 0.753. The van der Waals surface area contributed by atoms with Crippen LogP contribution < -0.4 is 4.72 Å². The summed E-state index contributed by atoms with van der Waals surface area (Å²) in [6, 6.07) is 4.97. The van der Waals surface area contributed by atoms with Gasteiger partial charge in [0.2, 0.25) is 0 Å². The van der Waals surface area contributed by atoms with Crippen molar-refractivity contribution < 1.29 is 13.7 Å². The number of nitrogens with one attached hydrogen (secondary N) is 2. The molecule has 0 bridgehead atoms. The molecular formula is C16H21BrN2O3S. The van der Waals surface area contributed by atoms with E-state index in [2.05, 4.69) is 25.6 Å². The van der Waals surface area contributed by atoms with Gasteiger partial charge in [0.15, 0.2) is 0 Å². The number of aromatic amines is 1. The predicted molar refractivity (Wildman–Crippen MR) is 96.4 cm³/mol. The van der Waals surface area contributed by atoms with Gasteiger partial charge in [-0.05, 0) is 45.9 Å². The summed E-state index contributed by atoms with van der Waals surface area (Å²) in [5.74, 6) is -0.439. The van der Waals surface area contributed by atoms with Gasteiger partial charge in [-0.15, -0.1) is 0 Å². The van der Waals surface area contributed by atoms with Crippen LogP contribution in [0.4, 0.5) is 0 Å². The maximum absolute atomic E-state index is 12.5. The van der Waals surface area contributed by atoms with Gasteiger partial charge in [-0.1, -0.05) is 15.9 Å². The van der Waals surface area contributed by atoms with Crippen molar-refractivity contribution in [1.29, 1.82) is 0 Å². The lowest BCUT2D eigenvalue weighted by molar-refractivity contribution is -0.145. The smallest absolute Gasteiger partial charge is 0.328 e. The summed E-state index contributed by atoms with van der Waals surface area (Å²) in [6.07, 6.45) is 1.76. The summed E-state index contributed by atoms with van der Waals surface area (Å²) in [6.45, 7) is 7.57. The van der Waals surface area contributed by atoms with Crippen LogP contribution in [0, 0.1) is 0 Å². The van der Waals surface area contributed by atoms with E-state index < -0.39 is 27.7 Å². The average molecular weight is 401 g/mol. The summed E-state index contributed by atoms with van der Waals surface area (Å²) in [4.78, 5) is 15.5. The number of rotatable bonds is 5. The van der Waals surface area contributed by atoms with E-state index in [-0.39, 0.29) is 6.61 Å². The number of halogens is 1. The van der Waals surface area contributed by atoms with Crippen LogP contribution in [0.25, 0.3) is 10.9 Å². The molecule has 0 saturated carbocycles. The third-order valence-electron chi connectivity index (χ3n) is 3.29. The van der Waals surface area contributed by atoms with E-state index in [0.717, 1.165) is 20.9 Å². The van der Waals surface area contributed by atoms with Crippen LogP contribution in [0.5, 0.6) is 0 Å². The van der Waals surface area contributed by atoms with E-state index in [0.29, 0.717) is 0 Å². The van der Waals surface area contributed by atoms with Crippen molar-refractivity contribution in [2.24, 2.45) is 0 Å². The van der Waals surface area contributed by atoms with Gasteiger partial charge < -0.3 is 9.72 Å². The first kappa shape index (κ1) is 18.2. The van der Waals surface area contributed by atoms with E-state index in [1.165, 1.54) is 0 Å². The first-order valence-corrected chi connectivity index (χ1v) is 9.29. The minimum absolute atomic E-state index is 0.269. The van der Waals surface area contributed by atoms with Crippen LogP contribution in [-0.2, 0) is 20.5 Å². The molecule has 2 N–H and O–H groups in total. The summed E-state index contributed by atoms with van der Waals surface area (Å²) in [5.41, 5.74) is 1.62. The summed E-state index contributed by atoms with van der Waals surface area (Å²) < 4.78 is 21.0. The zero-order chi connectivity index (χ0) is 17.2. The molecule has 1 aromatic carbocycles. The zero-order valence-electron chi connectivity index (χ0n) is 13.6. The molecule has 23 heavy (non-hydrogen) atoms.